The Bertz CT molecular complexity index is 490. The summed E-state index contributed by atoms with van der Waals surface area (Å²) in [7, 11) is 1.88. The number of benzene rings is 1. The number of amides is 1. The van der Waals surface area contributed by atoms with Crippen molar-refractivity contribution in [2.45, 2.75) is 57.5 Å². The largest absolute Gasteiger partial charge is 0.331 e. The molecule has 1 aromatic rings. The number of nitrogens with zero attached hydrogens (tertiary/aromatic N) is 2. The van der Waals surface area contributed by atoms with Crippen molar-refractivity contribution in [3.63, 3.8) is 0 Å². The number of rotatable bonds is 3. The minimum Gasteiger partial charge on any atom is -0.331 e. The number of likely N-dealkylation sites (N-methyl/N-ethyl adjacent to an activating group) is 1. The monoisotopic (exact) mass is 286 g/mol. The zero-order valence-corrected chi connectivity index (χ0v) is 13.2. The molecule has 0 aromatic heterocycles. The first-order valence-electron chi connectivity index (χ1n) is 8.23. The van der Waals surface area contributed by atoms with Gasteiger partial charge in [-0.25, -0.2) is 0 Å². The lowest BCUT2D eigenvalue weighted by Crippen LogP contribution is -2.29. The highest BCUT2D eigenvalue weighted by Crippen LogP contribution is 2.32. The molecular weight excluding hydrogens is 260 g/mol. The van der Waals surface area contributed by atoms with Gasteiger partial charge in [-0.2, -0.15) is 0 Å². The zero-order chi connectivity index (χ0) is 14.8. The van der Waals surface area contributed by atoms with Crippen molar-refractivity contribution in [1.82, 2.24) is 9.80 Å². The second kappa shape index (κ2) is 6.18. The minimum atomic E-state index is 0.00743. The average molecular weight is 286 g/mol. The molecule has 114 valence electrons. The molecule has 1 aliphatic heterocycles. The predicted octanol–water partition coefficient (Wildman–Crippen LogP) is 3.35. The molecule has 1 heterocycles. The number of hydrogen-bond donors (Lipinski definition) is 0. The van der Waals surface area contributed by atoms with E-state index >= 15 is 0 Å². The van der Waals surface area contributed by atoms with E-state index in [1.165, 1.54) is 43.2 Å². The molecule has 2 fully saturated rings. The SMILES string of the molecule is CC1C(=O)N(C)CN1Cc1ccc(C2CCCCC2)cc1. The Hall–Kier alpha value is -1.35. The molecule has 3 rings (SSSR count). The molecule has 3 heteroatoms. The lowest BCUT2D eigenvalue weighted by Gasteiger charge is -2.23. The van der Waals surface area contributed by atoms with Crippen molar-refractivity contribution < 1.29 is 4.79 Å². The summed E-state index contributed by atoms with van der Waals surface area (Å²) in [6, 6.07) is 9.11. The molecule has 1 saturated carbocycles. The Balaban J connectivity index is 1.63. The van der Waals surface area contributed by atoms with E-state index in [0.29, 0.717) is 0 Å². The van der Waals surface area contributed by atoms with E-state index in [2.05, 4.69) is 29.2 Å². The van der Waals surface area contributed by atoms with Crippen LogP contribution in [0.2, 0.25) is 0 Å². The Morgan fingerprint density at radius 3 is 2.33 bits per heavy atom. The molecule has 2 aliphatic rings. The first kappa shape index (κ1) is 14.6. The molecule has 1 unspecified atom stereocenters. The van der Waals surface area contributed by atoms with Crippen LogP contribution in [0.1, 0.15) is 56.1 Å². The third kappa shape index (κ3) is 3.13. The van der Waals surface area contributed by atoms with Gasteiger partial charge in [-0.3, -0.25) is 9.69 Å². The summed E-state index contributed by atoms with van der Waals surface area (Å²) in [5.41, 5.74) is 2.81. The van der Waals surface area contributed by atoms with Crippen LogP contribution < -0.4 is 0 Å². The maximum Gasteiger partial charge on any atom is 0.240 e. The van der Waals surface area contributed by atoms with Gasteiger partial charge in [-0.1, -0.05) is 43.5 Å². The lowest BCUT2D eigenvalue weighted by atomic mass is 9.84. The molecule has 1 aromatic carbocycles. The van der Waals surface area contributed by atoms with Crippen molar-refractivity contribution in [3.8, 4) is 0 Å². The van der Waals surface area contributed by atoms with E-state index < -0.39 is 0 Å². The molecule has 1 saturated heterocycles. The average Bonchev–Trinajstić information content (AvgIpc) is 2.76. The van der Waals surface area contributed by atoms with Gasteiger partial charge in [0.05, 0.1) is 12.7 Å². The van der Waals surface area contributed by atoms with Crippen molar-refractivity contribution in [2.75, 3.05) is 13.7 Å². The number of carbonyl (C=O) groups excluding carboxylic acids is 1. The summed E-state index contributed by atoms with van der Waals surface area (Å²) >= 11 is 0. The second-order valence-electron chi connectivity index (χ2n) is 6.68. The van der Waals surface area contributed by atoms with Crippen molar-refractivity contribution in [3.05, 3.63) is 35.4 Å². The van der Waals surface area contributed by atoms with Crippen LogP contribution in [0.4, 0.5) is 0 Å². The van der Waals surface area contributed by atoms with Gasteiger partial charge in [0.15, 0.2) is 0 Å². The van der Waals surface area contributed by atoms with Crippen LogP contribution in [-0.2, 0) is 11.3 Å². The smallest absolute Gasteiger partial charge is 0.240 e. The van der Waals surface area contributed by atoms with E-state index in [1.807, 2.05) is 14.0 Å². The predicted molar refractivity (Wildman–Crippen MR) is 84.9 cm³/mol. The third-order valence-corrected chi connectivity index (χ3v) is 5.12. The fourth-order valence-corrected chi connectivity index (χ4v) is 3.69. The van der Waals surface area contributed by atoms with Crippen LogP contribution in [0, 0.1) is 0 Å². The van der Waals surface area contributed by atoms with Crippen LogP contribution in [0.25, 0.3) is 0 Å². The van der Waals surface area contributed by atoms with Gasteiger partial charge in [-0.05, 0) is 36.8 Å². The highest BCUT2D eigenvalue weighted by atomic mass is 16.2. The third-order valence-electron chi connectivity index (χ3n) is 5.12. The van der Waals surface area contributed by atoms with Gasteiger partial charge in [0.2, 0.25) is 5.91 Å². The fraction of sp³-hybridized carbons (Fsp3) is 0.611. The van der Waals surface area contributed by atoms with E-state index in [1.54, 1.807) is 4.90 Å². The Labute approximate surface area is 127 Å². The molecule has 1 atom stereocenters. The molecular formula is C18H26N2O. The van der Waals surface area contributed by atoms with E-state index in [-0.39, 0.29) is 11.9 Å². The van der Waals surface area contributed by atoms with Gasteiger partial charge in [-0.15, -0.1) is 0 Å². The summed E-state index contributed by atoms with van der Waals surface area (Å²) < 4.78 is 0. The summed E-state index contributed by atoms with van der Waals surface area (Å²) in [5, 5.41) is 0. The Morgan fingerprint density at radius 2 is 1.76 bits per heavy atom. The minimum absolute atomic E-state index is 0.00743. The molecule has 1 amide bonds. The molecule has 0 N–H and O–H groups in total. The lowest BCUT2D eigenvalue weighted by molar-refractivity contribution is -0.127. The van der Waals surface area contributed by atoms with Gasteiger partial charge in [0, 0.05) is 13.6 Å². The summed E-state index contributed by atoms with van der Waals surface area (Å²) in [6.45, 7) is 3.61. The molecule has 1 aliphatic carbocycles. The van der Waals surface area contributed by atoms with Gasteiger partial charge in [0.1, 0.15) is 0 Å². The van der Waals surface area contributed by atoms with Crippen LogP contribution >= 0.6 is 0 Å². The molecule has 0 spiro atoms. The second-order valence-corrected chi connectivity index (χ2v) is 6.68. The van der Waals surface area contributed by atoms with Crippen molar-refractivity contribution >= 4 is 5.91 Å². The number of carbonyl (C=O) groups is 1. The van der Waals surface area contributed by atoms with E-state index in [0.717, 1.165) is 19.1 Å². The quantitative estimate of drug-likeness (QED) is 0.850. The Kier molecular flexibility index (Phi) is 4.29. The van der Waals surface area contributed by atoms with Crippen molar-refractivity contribution in [2.24, 2.45) is 0 Å². The first-order valence-corrected chi connectivity index (χ1v) is 8.23. The Morgan fingerprint density at radius 1 is 1.10 bits per heavy atom. The van der Waals surface area contributed by atoms with Gasteiger partial charge >= 0.3 is 0 Å². The topological polar surface area (TPSA) is 23.6 Å². The summed E-state index contributed by atoms with van der Waals surface area (Å²) in [6.07, 6.45) is 6.87. The molecule has 3 nitrogen and oxygen atoms in total. The first-order chi connectivity index (χ1) is 10.1. The van der Waals surface area contributed by atoms with E-state index in [9.17, 15) is 4.79 Å². The standard InChI is InChI=1S/C18H26N2O/c1-14-18(21)19(2)13-20(14)12-15-8-10-17(11-9-15)16-6-4-3-5-7-16/h8-11,14,16H,3-7,12-13H2,1-2H3. The van der Waals surface area contributed by atoms with Crippen LogP contribution in [-0.4, -0.2) is 35.5 Å². The van der Waals surface area contributed by atoms with E-state index in [4.69, 9.17) is 0 Å². The van der Waals surface area contributed by atoms with Gasteiger partial charge in [0.25, 0.3) is 0 Å². The highest BCUT2D eigenvalue weighted by molar-refractivity contribution is 5.83. The maximum absolute atomic E-state index is 11.9. The highest BCUT2D eigenvalue weighted by Gasteiger charge is 2.32. The van der Waals surface area contributed by atoms with Crippen LogP contribution in [0.5, 0.6) is 0 Å². The molecule has 21 heavy (non-hydrogen) atoms. The molecule has 0 bridgehead atoms. The molecule has 0 radical (unpaired) electrons. The normalized spacial score (nSPS) is 24.8. The summed E-state index contributed by atoms with van der Waals surface area (Å²) in [5.74, 6) is 1.00. The number of hydrogen-bond acceptors (Lipinski definition) is 2. The maximum atomic E-state index is 11.9. The fourth-order valence-electron chi connectivity index (χ4n) is 3.69. The summed E-state index contributed by atoms with van der Waals surface area (Å²) in [4.78, 5) is 15.9. The van der Waals surface area contributed by atoms with Gasteiger partial charge < -0.3 is 4.90 Å². The van der Waals surface area contributed by atoms with Crippen LogP contribution in [0.3, 0.4) is 0 Å². The van der Waals surface area contributed by atoms with Crippen LogP contribution in [0.15, 0.2) is 24.3 Å². The zero-order valence-electron chi connectivity index (χ0n) is 13.2. The van der Waals surface area contributed by atoms with Crippen molar-refractivity contribution in [1.29, 1.82) is 0 Å².